The summed E-state index contributed by atoms with van der Waals surface area (Å²) in [4.78, 5) is 4.52. The summed E-state index contributed by atoms with van der Waals surface area (Å²) in [5.74, 6) is 0.891. The lowest BCUT2D eigenvalue weighted by Gasteiger charge is -2.19. The molecule has 24 heavy (non-hydrogen) atoms. The minimum atomic E-state index is 0.102. The van der Waals surface area contributed by atoms with E-state index in [9.17, 15) is 0 Å². The van der Waals surface area contributed by atoms with Crippen molar-refractivity contribution < 1.29 is 4.74 Å². The molecule has 0 aliphatic heterocycles. The average Bonchev–Trinajstić information content (AvgIpc) is 2.67. The quantitative estimate of drug-likeness (QED) is 0.714. The molecule has 0 saturated heterocycles. The molecule has 122 valence electrons. The highest BCUT2D eigenvalue weighted by atomic mass is 16.5. The fourth-order valence-corrected chi connectivity index (χ4v) is 2.74. The first-order valence-corrected chi connectivity index (χ1v) is 8.19. The van der Waals surface area contributed by atoms with Gasteiger partial charge < -0.3 is 10.1 Å². The fourth-order valence-electron chi connectivity index (χ4n) is 2.74. The van der Waals surface area contributed by atoms with E-state index in [1.165, 1.54) is 11.1 Å². The van der Waals surface area contributed by atoms with Gasteiger partial charge in [0, 0.05) is 12.7 Å². The first-order valence-electron chi connectivity index (χ1n) is 8.19. The van der Waals surface area contributed by atoms with E-state index < -0.39 is 0 Å². The third-order valence-corrected chi connectivity index (χ3v) is 4.04. The van der Waals surface area contributed by atoms with Crippen molar-refractivity contribution in [2.45, 2.75) is 12.5 Å². The Morgan fingerprint density at radius 1 is 0.917 bits per heavy atom. The van der Waals surface area contributed by atoms with Crippen molar-refractivity contribution >= 4 is 0 Å². The summed E-state index contributed by atoms with van der Waals surface area (Å²) in [6.07, 6.45) is 2.80. The van der Waals surface area contributed by atoms with Crippen LogP contribution in [0, 0.1) is 0 Å². The SMILES string of the molecule is COc1ccc(CCN[C@@H](c2ccccc2)c2ccccn2)cc1. The van der Waals surface area contributed by atoms with Crippen molar-refractivity contribution in [2.75, 3.05) is 13.7 Å². The van der Waals surface area contributed by atoms with Crippen LogP contribution in [0.2, 0.25) is 0 Å². The van der Waals surface area contributed by atoms with Crippen molar-refractivity contribution in [3.63, 3.8) is 0 Å². The van der Waals surface area contributed by atoms with Crippen molar-refractivity contribution in [2.24, 2.45) is 0 Å². The van der Waals surface area contributed by atoms with Gasteiger partial charge in [0.05, 0.1) is 18.8 Å². The van der Waals surface area contributed by atoms with Crippen molar-refractivity contribution in [3.05, 3.63) is 95.8 Å². The van der Waals surface area contributed by atoms with Gasteiger partial charge >= 0.3 is 0 Å². The van der Waals surface area contributed by atoms with E-state index in [1.807, 2.05) is 36.5 Å². The molecule has 1 heterocycles. The number of nitrogens with zero attached hydrogens (tertiary/aromatic N) is 1. The number of benzene rings is 2. The molecule has 0 aliphatic carbocycles. The van der Waals surface area contributed by atoms with Crippen LogP contribution in [0.3, 0.4) is 0 Å². The number of pyridine rings is 1. The van der Waals surface area contributed by atoms with Gasteiger partial charge in [-0.3, -0.25) is 4.98 Å². The largest absolute Gasteiger partial charge is 0.497 e. The van der Waals surface area contributed by atoms with Crippen molar-refractivity contribution in [3.8, 4) is 5.75 Å². The molecule has 1 aromatic heterocycles. The maximum absolute atomic E-state index is 5.20. The molecule has 3 heteroatoms. The molecule has 0 fully saturated rings. The van der Waals surface area contributed by atoms with Gasteiger partial charge in [0.15, 0.2) is 0 Å². The van der Waals surface area contributed by atoms with E-state index in [1.54, 1.807) is 7.11 Å². The minimum absolute atomic E-state index is 0.102. The lowest BCUT2D eigenvalue weighted by molar-refractivity contribution is 0.414. The number of hydrogen-bond acceptors (Lipinski definition) is 3. The van der Waals surface area contributed by atoms with Crippen molar-refractivity contribution in [1.82, 2.24) is 10.3 Å². The van der Waals surface area contributed by atoms with Crippen LogP contribution in [0.5, 0.6) is 5.75 Å². The summed E-state index contributed by atoms with van der Waals surface area (Å²) in [5, 5.41) is 3.64. The average molecular weight is 318 g/mol. The topological polar surface area (TPSA) is 34.1 Å². The smallest absolute Gasteiger partial charge is 0.118 e. The Labute approximate surface area is 143 Å². The number of aromatic nitrogens is 1. The summed E-state index contributed by atoms with van der Waals surface area (Å²) in [7, 11) is 1.69. The second-order valence-corrected chi connectivity index (χ2v) is 5.65. The standard InChI is InChI=1S/C21H22N2O/c1-24-19-12-10-17(11-13-19)14-16-23-21(18-7-3-2-4-8-18)20-9-5-6-15-22-20/h2-13,15,21,23H,14,16H2,1H3/t21-/m0/s1. The highest BCUT2D eigenvalue weighted by Crippen LogP contribution is 2.20. The normalized spacial score (nSPS) is 11.9. The molecular formula is C21H22N2O. The first-order chi connectivity index (χ1) is 11.9. The molecule has 0 unspecified atom stereocenters. The first kappa shape index (κ1) is 16.2. The molecule has 0 aliphatic rings. The third-order valence-electron chi connectivity index (χ3n) is 4.04. The van der Waals surface area contributed by atoms with E-state index in [0.29, 0.717) is 0 Å². The Hall–Kier alpha value is -2.65. The zero-order valence-corrected chi connectivity index (χ0v) is 13.9. The molecular weight excluding hydrogens is 296 g/mol. The van der Waals surface area contributed by atoms with Gasteiger partial charge in [0.25, 0.3) is 0 Å². The Balaban J connectivity index is 1.68. The van der Waals surface area contributed by atoms with Gasteiger partial charge in [-0.1, -0.05) is 48.5 Å². The number of methoxy groups -OCH3 is 1. The summed E-state index contributed by atoms with van der Waals surface area (Å²) >= 11 is 0. The Morgan fingerprint density at radius 3 is 2.33 bits per heavy atom. The van der Waals surface area contributed by atoms with Crippen LogP contribution >= 0.6 is 0 Å². The van der Waals surface area contributed by atoms with Gasteiger partial charge in [-0.15, -0.1) is 0 Å². The van der Waals surface area contributed by atoms with Crippen LogP contribution in [0.4, 0.5) is 0 Å². The molecule has 1 N–H and O–H groups in total. The van der Waals surface area contributed by atoms with E-state index in [-0.39, 0.29) is 6.04 Å². The van der Waals surface area contributed by atoms with E-state index in [0.717, 1.165) is 24.4 Å². The number of ether oxygens (including phenoxy) is 1. The third kappa shape index (κ3) is 4.21. The van der Waals surface area contributed by atoms with E-state index >= 15 is 0 Å². The van der Waals surface area contributed by atoms with Gasteiger partial charge in [-0.05, 0) is 41.8 Å². The van der Waals surface area contributed by atoms with Crippen molar-refractivity contribution in [1.29, 1.82) is 0 Å². The molecule has 0 saturated carbocycles. The summed E-state index contributed by atoms with van der Waals surface area (Å²) in [5.41, 5.74) is 3.56. The van der Waals surface area contributed by atoms with Crippen LogP contribution < -0.4 is 10.1 Å². The Kier molecular flexibility index (Phi) is 5.59. The number of nitrogens with one attached hydrogen (secondary N) is 1. The molecule has 3 rings (SSSR count). The zero-order valence-electron chi connectivity index (χ0n) is 13.9. The summed E-state index contributed by atoms with van der Waals surface area (Å²) in [6.45, 7) is 0.877. The molecule has 3 nitrogen and oxygen atoms in total. The molecule has 1 atom stereocenters. The molecule has 0 amide bonds. The molecule has 3 aromatic rings. The zero-order chi connectivity index (χ0) is 16.6. The van der Waals surface area contributed by atoms with Crippen LogP contribution in [0.25, 0.3) is 0 Å². The fraction of sp³-hybridized carbons (Fsp3) is 0.190. The Morgan fingerprint density at radius 2 is 1.67 bits per heavy atom. The summed E-state index contributed by atoms with van der Waals surface area (Å²) < 4.78 is 5.20. The van der Waals surface area contributed by atoms with Crippen LogP contribution in [0.15, 0.2) is 79.0 Å². The highest BCUT2D eigenvalue weighted by molar-refractivity contribution is 5.29. The van der Waals surface area contributed by atoms with Gasteiger partial charge in [-0.25, -0.2) is 0 Å². The van der Waals surface area contributed by atoms with Crippen LogP contribution in [-0.2, 0) is 6.42 Å². The number of hydrogen-bond donors (Lipinski definition) is 1. The second kappa shape index (κ2) is 8.27. The van der Waals surface area contributed by atoms with Crippen LogP contribution in [0.1, 0.15) is 22.9 Å². The van der Waals surface area contributed by atoms with E-state index in [2.05, 4.69) is 52.8 Å². The second-order valence-electron chi connectivity index (χ2n) is 5.65. The molecule has 0 spiro atoms. The van der Waals surface area contributed by atoms with Gasteiger partial charge in [0.1, 0.15) is 5.75 Å². The predicted molar refractivity (Wildman–Crippen MR) is 97.2 cm³/mol. The molecule has 0 radical (unpaired) electrons. The van der Waals surface area contributed by atoms with Gasteiger partial charge in [-0.2, -0.15) is 0 Å². The highest BCUT2D eigenvalue weighted by Gasteiger charge is 2.13. The lowest BCUT2D eigenvalue weighted by atomic mass is 10.0. The molecule has 0 bridgehead atoms. The lowest BCUT2D eigenvalue weighted by Crippen LogP contribution is -2.25. The maximum Gasteiger partial charge on any atom is 0.118 e. The summed E-state index contributed by atoms with van der Waals surface area (Å²) in [6, 6.07) is 24.8. The van der Waals surface area contributed by atoms with Crippen LogP contribution in [-0.4, -0.2) is 18.6 Å². The van der Waals surface area contributed by atoms with Gasteiger partial charge in [0.2, 0.25) is 0 Å². The predicted octanol–water partition coefficient (Wildman–Crippen LogP) is 4.01. The molecule has 2 aromatic carbocycles. The van der Waals surface area contributed by atoms with E-state index in [4.69, 9.17) is 4.74 Å². The maximum atomic E-state index is 5.20. The number of rotatable bonds is 7. The monoisotopic (exact) mass is 318 g/mol. The Bertz CT molecular complexity index is 687. The minimum Gasteiger partial charge on any atom is -0.497 e.